The van der Waals surface area contributed by atoms with Gasteiger partial charge in [-0.2, -0.15) is 5.10 Å². The highest BCUT2D eigenvalue weighted by atomic mass is 16.5. The van der Waals surface area contributed by atoms with Crippen LogP contribution in [0.4, 0.5) is 11.4 Å². The molecule has 0 bridgehead atoms. The summed E-state index contributed by atoms with van der Waals surface area (Å²) in [5.41, 5.74) is 6.38. The number of ether oxygens (including phenoxy) is 1. The maximum absolute atomic E-state index is 13.7. The van der Waals surface area contributed by atoms with Crippen LogP contribution in [0.1, 0.15) is 39.0 Å². The van der Waals surface area contributed by atoms with Crippen molar-refractivity contribution in [3.8, 4) is 5.75 Å². The van der Waals surface area contributed by atoms with Crippen LogP contribution in [0.2, 0.25) is 0 Å². The van der Waals surface area contributed by atoms with Crippen LogP contribution in [0.3, 0.4) is 0 Å². The van der Waals surface area contributed by atoms with E-state index >= 15 is 0 Å². The first-order chi connectivity index (χ1) is 16.1. The fourth-order valence-electron chi connectivity index (χ4n) is 4.48. The van der Waals surface area contributed by atoms with Gasteiger partial charge in [0.05, 0.1) is 24.9 Å². The Labute approximate surface area is 193 Å². The molecule has 6 nitrogen and oxygen atoms in total. The molecule has 1 N–H and O–H groups in total. The number of anilines is 2. The van der Waals surface area contributed by atoms with Crippen LogP contribution in [0.5, 0.6) is 5.75 Å². The third-order valence-corrected chi connectivity index (χ3v) is 6.16. The van der Waals surface area contributed by atoms with Gasteiger partial charge >= 0.3 is 0 Å². The number of hydrogen-bond donors (Lipinski definition) is 1. The zero-order valence-corrected chi connectivity index (χ0v) is 18.9. The number of aryl methyl sites for hydroxylation is 1. The fraction of sp³-hybridized carbons (Fsp3) is 0.185. The van der Waals surface area contributed by atoms with E-state index in [2.05, 4.69) is 24.4 Å². The summed E-state index contributed by atoms with van der Waals surface area (Å²) >= 11 is 0. The Hall–Kier alpha value is -4.06. The van der Waals surface area contributed by atoms with Gasteiger partial charge in [-0.3, -0.25) is 14.4 Å². The molecule has 33 heavy (non-hydrogen) atoms. The SMILES string of the molecule is COc1ccc(N2C(=O)c3ccccc3N[C@H]2c2c(C)nn(Cc3ccccc3)c2C)cc1. The maximum atomic E-state index is 13.7. The van der Waals surface area contributed by atoms with E-state index in [9.17, 15) is 4.79 Å². The second-order valence-corrected chi connectivity index (χ2v) is 8.19. The van der Waals surface area contributed by atoms with E-state index in [1.807, 2.05) is 83.2 Å². The minimum Gasteiger partial charge on any atom is -0.497 e. The van der Waals surface area contributed by atoms with Gasteiger partial charge in [-0.25, -0.2) is 0 Å². The molecular formula is C27H26N4O2. The van der Waals surface area contributed by atoms with Crippen molar-refractivity contribution in [3.63, 3.8) is 0 Å². The van der Waals surface area contributed by atoms with Crippen molar-refractivity contribution in [3.05, 3.63) is 107 Å². The zero-order valence-electron chi connectivity index (χ0n) is 18.9. The number of fused-ring (bicyclic) bond motifs is 1. The van der Waals surface area contributed by atoms with Crippen molar-refractivity contribution < 1.29 is 9.53 Å². The molecule has 0 aliphatic carbocycles. The Balaban J connectivity index is 1.60. The summed E-state index contributed by atoms with van der Waals surface area (Å²) in [5, 5.41) is 8.44. The molecule has 2 heterocycles. The van der Waals surface area contributed by atoms with Crippen molar-refractivity contribution >= 4 is 17.3 Å². The van der Waals surface area contributed by atoms with E-state index in [0.29, 0.717) is 12.1 Å². The van der Waals surface area contributed by atoms with Gasteiger partial charge in [0.2, 0.25) is 0 Å². The highest BCUT2D eigenvalue weighted by Gasteiger charge is 2.36. The lowest BCUT2D eigenvalue weighted by Crippen LogP contribution is -2.43. The van der Waals surface area contributed by atoms with E-state index in [-0.39, 0.29) is 12.1 Å². The molecule has 0 saturated heterocycles. The first-order valence-corrected chi connectivity index (χ1v) is 11.0. The second kappa shape index (κ2) is 8.47. The van der Waals surface area contributed by atoms with Gasteiger partial charge in [0.15, 0.2) is 0 Å². The van der Waals surface area contributed by atoms with Crippen molar-refractivity contribution in [1.29, 1.82) is 0 Å². The number of benzene rings is 3. The first-order valence-electron chi connectivity index (χ1n) is 11.0. The van der Waals surface area contributed by atoms with Gasteiger partial charge < -0.3 is 10.1 Å². The molecule has 0 spiro atoms. The average Bonchev–Trinajstić information content (AvgIpc) is 3.12. The highest BCUT2D eigenvalue weighted by Crippen LogP contribution is 2.39. The van der Waals surface area contributed by atoms with Crippen molar-refractivity contribution in [1.82, 2.24) is 9.78 Å². The molecule has 0 saturated carbocycles. The van der Waals surface area contributed by atoms with Crippen LogP contribution in [0.15, 0.2) is 78.9 Å². The molecule has 1 aliphatic heterocycles. The summed E-state index contributed by atoms with van der Waals surface area (Å²) < 4.78 is 7.33. The number of carbonyl (C=O) groups is 1. The number of amides is 1. The summed E-state index contributed by atoms with van der Waals surface area (Å²) in [6, 6.07) is 25.5. The molecule has 1 atom stereocenters. The fourth-order valence-corrected chi connectivity index (χ4v) is 4.48. The first kappa shape index (κ1) is 20.8. The molecule has 0 fully saturated rings. The maximum Gasteiger partial charge on any atom is 0.262 e. The molecule has 6 heteroatoms. The summed E-state index contributed by atoms with van der Waals surface area (Å²) in [4.78, 5) is 15.5. The van der Waals surface area contributed by atoms with Crippen LogP contribution < -0.4 is 15.0 Å². The van der Waals surface area contributed by atoms with Crippen molar-refractivity contribution in [2.75, 3.05) is 17.3 Å². The molecule has 0 unspecified atom stereocenters. The predicted octanol–water partition coefficient (Wildman–Crippen LogP) is 5.33. The molecular weight excluding hydrogens is 412 g/mol. The molecule has 0 radical (unpaired) electrons. The van der Waals surface area contributed by atoms with E-state index < -0.39 is 0 Å². The summed E-state index contributed by atoms with van der Waals surface area (Å²) in [6.45, 7) is 4.74. The number of methoxy groups -OCH3 is 1. The number of nitrogens with zero attached hydrogens (tertiary/aromatic N) is 3. The van der Waals surface area contributed by atoms with Gasteiger partial charge in [-0.15, -0.1) is 0 Å². The van der Waals surface area contributed by atoms with Gasteiger partial charge in [-0.05, 0) is 55.8 Å². The lowest BCUT2D eigenvalue weighted by atomic mass is 10.0. The smallest absolute Gasteiger partial charge is 0.262 e. The number of nitrogens with one attached hydrogen (secondary N) is 1. The third-order valence-electron chi connectivity index (χ3n) is 6.16. The van der Waals surface area contributed by atoms with Crippen LogP contribution in [0.25, 0.3) is 0 Å². The van der Waals surface area contributed by atoms with Gasteiger partial charge in [-0.1, -0.05) is 42.5 Å². The minimum atomic E-state index is -0.384. The Kier molecular flexibility index (Phi) is 5.34. The van der Waals surface area contributed by atoms with Gasteiger partial charge in [0.1, 0.15) is 11.9 Å². The minimum absolute atomic E-state index is 0.0471. The second-order valence-electron chi connectivity index (χ2n) is 8.19. The summed E-state index contributed by atoms with van der Waals surface area (Å²) in [6.07, 6.45) is -0.384. The van der Waals surface area contributed by atoms with Crippen LogP contribution in [-0.2, 0) is 6.54 Å². The van der Waals surface area contributed by atoms with Gasteiger partial charge in [0, 0.05) is 22.6 Å². The lowest BCUT2D eigenvalue weighted by molar-refractivity contribution is 0.0975. The van der Waals surface area contributed by atoms with E-state index in [1.165, 1.54) is 5.56 Å². The molecule has 1 aliphatic rings. The van der Waals surface area contributed by atoms with Crippen molar-refractivity contribution in [2.24, 2.45) is 0 Å². The average molecular weight is 439 g/mol. The highest BCUT2D eigenvalue weighted by molar-refractivity contribution is 6.12. The largest absolute Gasteiger partial charge is 0.497 e. The number of aromatic nitrogens is 2. The molecule has 1 aromatic heterocycles. The quantitative estimate of drug-likeness (QED) is 0.458. The number of hydrogen-bond acceptors (Lipinski definition) is 4. The zero-order chi connectivity index (χ0) is 22.9. The van der Waals surface area contributed by atoms with E-state index in [1.54, 1.807) is 7.11 Å². The number of carbonyl (C=O) groups excluding carboxylic acids is 1. The lowest BCUT2D eigenvalue weighted by Gasteiger charge is -2.38. The molecule has 4 aromatic rings. The Morgan fingerprint density at radius 3 is 2.36 bits per heavy atom. The number of para-hydroxylation sites is 1. The topological polar surface area (TPSA) is 59.4 Å². The molecule has 5 rings (SSSR count). The molecule has 166 valence electrons. The summed E-state index contributed by atoms with van der Waals surface area (Å²) in [5.74, 6) is 0.699. The van der Waals surface area contributed by atoms with Gasteiger partial charge in [0.25, 0.3) is 5.91 Å². The Bertz CT molecular complexity index is 1300. The van der Waals surface area contributed by atoms with Crippen molar-refractivity contribution in [2.45, 2.75) is 26.6 Å². The third kappa shape index (κ3) is 3.74. The molecule has 3 aromatic carbocycles. The van der Waals surface area contributed by atoms with Crippen LogP contribution in [-0.4, -0.2) is 22.8 Å². The Morgan fingerprint density at radius 1 is 0.939 bits per heavy atom. The van der Waals surface area contributed by atoms with E-state index in [4.69, 9.17) is 9.84 Å². The summed E-state index contributed by atoms with van der Waals surface area (Å²) in [7, 11) is 1.63. The Morgan fingerprint density at radius 2 is 1.64 bits per heavy atom. The van der Waals surface area contributed by atoms with E-state index in [0.717, 1.165) is 34.1 Å². The standard InChI is InChI=1S/C27H26N4O2/c1-18-25(19(2)30(29-18)17-20-9-5-4-6-10-20)26-28-24-12-8-7-11-23(24)27(32)31(26)21-13-15-22(33-3)16-14-21/h4-16,26,28H,17H2,1-3H3/t26-/m1/s1. The predicted molar refractivity (Wildman–Crippen MR) is 130 cm³/mol. The monoisotopic (exact) mass is 438 g/mol. The number of rotatable bonds is 5. The van der Waals surface area contributed by atoms with Crippen LogP contribution >= 0.6 is 0 Å². The normalized spacial score (nSPS) is 15.2. The van der Waals surface area contributed by atoms with Crippen LogP contribution in [0, 0.1) is 13.8 Å². The molecule has 1 amide bonds.